The average molecular weight is 576 g/mol. The van der Waals surface area contributed by atoms with Crippen LogP contribution in [0.3, 0.4) is 0 Å². The molecule has 42 heavy (non-hydrogen) atoms. The van der Waals surface area contributed by atoms with Gasteiger partial charge in [0.05, 0.1) is 33.0 Å². The predicted octanol–water partition coefficient (Wildman–Crippen LogP) is 5.40. The van der Waals surface area contributed by atoms with E-state index >= 15 is 0 Å². The van der Waals surface area contributed by atoms with Crippen molar-refractivity contribution in [2.45, 2.75) is 62.7 Å². The molecule has 2 atom stereocenters. The van der Waals surface area contributed by atoms with E-state index in [1.807, 2.05) is 78.9 Å². The highest BCUT2D eigenvalue weighted by Gasteiger charge is 2.41. The number of carboxylic acid groups (broad SMARTS) is 1. The van der Waals surface area contributed by atoms with Gasteiger partial charge in [-0.2, -0.15) is 0 Å². The van der Waals surface area contributed by atoms with Crippen molar-refractivity contribution in [1.29, 1.82) is 0 Å². The number of unbranched alkanes of at least 4 members (excludes halogenated alkanes) is 3. The number of carboxylic acids is 1. The van der Waals surface area contributed by atoms with E-state index in [2.05, 4.69) is 0 Å². The van der Waals surface area contributed by atoms with Crippen LogP contribution < -0.4 is 9.47 Å². The molecule has 3 aromatic carbocycles. The Morgan fingerprint density at radius 3 is 1.83 bits per heavy atom. The number of benzene rings is 3. The Morgan fingerprint density at radius 2 is 1.31 bits per heavy atom. The van der Waals surface area contributed by atoms with Crippen molar-refractivity contribution >= 4 is 11.9 Å². The van der Waals surface area contributed by atoms with Crippen molar-refractivity contribution in [1.82, 2.24) is 4.90 Å². The van der Waals surface area contributed by atoms with E-state index in [1.54, 1.807) is 19.1 Å². The number of β-amino-alcohol motifs (C(OH)–C–C–N with tert-alkyl or cyclic N) is 1. The monoisotopic (exact) mass is 575 g/mol. The number of ether oxygens (including phenoxy) is 3. The summed E-state index contributed by atoms with van der Waals surface area (Å²) < 4.78 is 17.8. The molecule has 0 bridgehead atoms. The number of likely N-dealkylation sites (tertiary alicyclic amines) is 1. The lowest BCUT2D eigenvalue weighted by Gasteiger charge is -2.38. The molecule has 1 heterocycles. The second-order valence-electron chi connectivity index (χ2n) is 10.7. The van der Waals surface area contributed by atoms with Crippen molar-refractivity contribution in [3.63, 3.8) is 0 Å². The van der Waals surface area contributed by atoms with Crippen LogP contribution in [0.2, 0.25) is 0 Å². The van der Waals surface area contributed by atoms with Gasteiger partial charge in [-0.05, 0) is 60.2 Å². The zero-order valence-electron chi connectivity index (χ0n) is 24.4. The summed E-state index contributed by atoms with van der Waals surface area (Å²) >= 11 is 0. The van der Waals surface area contributed by atoms with Gasteiger partial charge < -0.3 is 29.3 Å². The zero-order chi connectivity index (χ0) is 30.0. The summed E-state index contributed by atoms with van der Waals surface area (Å²) in [6.07, 6.45) is 3.19. The summed E-state index contributed by atoms with van der Waals surface area (Å²) in [5.41, 5.74) is 1.72. The molecule has 3 aromatic rings. The van der Waals surface area contributed by atoms with E-state index in [9.17, 15) is 14.7 Å². The highest BCUT2D eigenvalue weighted by molar-refractivity contribution is 5.77. The molecule has 1 saturated heterocycles. The van der Waals surface area contributed by atoms with Gasteiger partial charge in [-0.3, -0.25) is 9.59 Å². The van der Waals surface area contributed by atoms with Crippen LogP contribution in [0.4, 0.5) is 0 Å². The summed E-state index contributed by atoms with van der Waals surface area (Å²) in [5.74, 6) is 0.650. The maximum atomic E-state index is 13.3. The Hall–Kier alpha value is -3.88. The average Bonchev–Trinajstić information content (AvgIpc) is 3.40. The summed E-state index contributed by atoms with van der Waals surface area (Å²) in [5, 5.41) is 19.4. The van der Waals surface area contributed by atoms with Crippen molar-refractivity contribution in [2.24, 2.45) is 0 Å². The second kappa shape index (κ2) is 14.8. The number of amides is 1. The van der Waals surface area contributed by atoms with E-state index in [1.165, 1.54) is 0 Å². The molecule has 1 aliphatic heterocycles. The minimum absolute atomic E-state index is 0.0161. The first kappa shape index (κ1) is 31.1. The third-order valence-corrected chi connectivity index (χ3v) is 7.91. The van der Waals surface area contributed by atoms with Crippen molar-refractivity contribution < 1.29 is 34.0 Å². The molecule has 0 aliphatic carbocycles. The van der Waals surface area contributed by atoms with Crippen LogP contribution in [0.15, 0.2) is 78.9 Å². The SMILES string of the molecule is COc1ccc(C(OCC2CC(O)CN2C(=O)CCCCCCC(=O)O)(c2ccccc2)c2ccc(OC)cc2)cc1. The van der Waals surface area contributed by atoms with Crippen molar-refractivity contribution in [2.75, 3.05) is 27.4 Å². The van der Waals surface area contributed by atoms with E-state index in [0.717, 1.165) is 41.0 Å². The number of aliphatic carboxylic acids is 1. The Labute approximate surface area is 247 Å². The summed E-state index contributed by atoms with van der Waals surface area (Å²) in [4.78, 5) is 25.7. The molecule has 224 valence electrons. The van der Waals surface area contributed by atoms with E-state index < -0.39 is 17.7 Å². The lowest BCUT2D eigenvalue weighted by atomic mass is 9.80. The quantitative estimate of drug-likeness (QED) is 0.185. The van der Waals surface area contributed by atoms with Crippen molar-refractivity contribution in [3.8, 4) is 11.5 Å². The minimum Gasteiger partial charge on any atom is -0.497 e. The van der Waals surface area contributed by atoms with Gasteiger partial charge in [-0.1, -0.05) is 67.4 Å². The molecule has 2 N–H and O–H groups in total. The topological polar surface area (TPSA) is 106 Å². The van der Waals surface area contributed by atoms with Gasteiger partial charge in [0, 0.05) is 19.4 Å². The fourth-order valence-corrected chi connectivity index (χ4v) is 5.70. The smallest absolute Gasteiger partial charge is 0.303 e. The molecule has 2 unspecified atom stereocenters. The van der Waals surface area contributed by atoms with Crippen LogP contribution in [-0.4, -0.2) is 66.5 Å². The molecule has 0 saturated carbocycles. The van der Waals surface area contributed by atoms with Crippen LogP contribution in [-0.2, 0) is 19.9 Å². The number of rotatable bonds is 15. The third-order valence-electron chi connectivity index (χ3n) is 7.91. The molecule has 0 aromatic heterocycles. The van der Waals surface area contributed by atoms with Crippen LogP contribution in [0.5, 0.6) is 11.5 Å². The summed E-state index contributed by atoms with van der Waals surface area (Å²) in [6, 6.07) is 25.3. The highest BCUT2D eigenvalue weighted by atomic mass is 16.5. The fraction of sp³-hybridized carbons (Fsp3) is 0.412. The molecule has 8 heteroatoms. The summed E-state index contributed by atoms with van der Waals surface area (Å²) in [7, 11) is 3.26. The Balaban J connectivity index is 1.60. The highest BCUT2D eigenvalue weighted by Crippen LogP contribution is 2.42. The molecular formula is C34H41NO7. The first-order valence-corrected chi connectivity index (χ1v) is 14.5. The van der Waals surface area contributed by atoms with E-state index in [0.29, 0.717) is 25.7 Å². The number of carbonyl (C=O) groups is 2. The number of aliphatic hydroxyl groups excluding tert-OH is 1. The standard InChI is InChI=1S/C34H41NO7/c1-40-30-18-14-26(15-19-30)34(25-10-6-5-7-11-25,27-16-20-31(41-2)21-17-27)42-24-28-22-29(36)23-35(28)32(37)12-8-3-4-9-13-33(38)39/h5-7,10-11,14-21,28-29,36H,3-4,8-9,12-13,22-24H2,1-2H3,(H,38,39). The fourth-order valence-electron chi connectivity index (χ4n) is 5.70. The van der Waals surface area contributed by atoms with E-state index in [4.69, 9.17) is 19.3 Å². The second-order valence-corrected chi connectivity index (χ2v) is 10.7. The number of carbonyl (C=O) groups excluding carboxylic acids is 1. The molecule has 0 spiro atoms. The molecular weight excluding hydrogens is 534 g/mol. The van der Waals surface area contributed by atoms with Crippen LogP contribution in [0, 0.1) is 0 Å². The van der Waals surface area contributed by atoms with Gasteiger partial charge in [0.1, 0.15) is 17.1 Å². The maximum Gasteiger partial charge on any atom is 0.303 e. The minimum atomic E-state index is -1.01. The Bertz CT molecular complexity index is 1230. The number of nitrogens with zero attached hydrogens (tertiary/aromatic N) is 1. The molecule has 1 fully saturated rings. The van der Waals surface area contributed by atoms with Gasteiger partial charge in [0.25, 0.3) is 0 Å². The molecule has 0 radical (unpaired) electrons. The zero-order valence-corrected chi connectivity index (χ0v) is 24.4. The molecule has 1 aliphatic rings. The van der Waals surface area contributed by atoms with Crippen LogP contribution in [0.25, 0.3) is 0 Å². The van der Waals surface area contributed by atoms with Gasteiger partial charge >= 0.3 is 5.97 Å². The van der Waals surface area contributed by atoms with Crippen molar-refractivity contribution in [3.05, 3.63) is 95.6 Å². The van der Waals surface area contributed by atoms with E-state index in [-0.39, 0.29) is 31.5 Å². The number of hydrogen-bond donors (Lipinski definition) is 2. The normalized spacial score (nSPS) is 16.8. The number of methoxy groups -OCH3 is 2. The van der Waals surface area contributed by atoms with Crippen LogP contribution in [0.1, 0.15) is 61.6 Å². The van der Waals surface area contributed by atoms with Gasteiger partial charge in [0.15, 0.2) is 0 Å². The largest absolute Gasteiger partial charge is 0.497 e. The number of aliphatic hydroxyl groups is 1. The molecule has 1 amide bonds. The van der Waals surface area contributed by atoms with Crippen LogP contribution >= 0.6 is 0 Å². The Morgan fingerprint density at radius 1 is 0.786 bits per heavy atom. The lowest BCUT2D eigenvalue weighted by Crippen LogP contribution is -2.42. The van der Waals surface area contributed by atoms with Gasteiger partial charge in [0.2, 0.25) is 5.91 Å². The molecule has 4 rings (SSSR count). The van der Waals surface area contributed by atoms with Gasteiger partial charge in [-0.25, -0.2) is 0 Å². The molecule has 8 nitrogen and oxygen atoms in total. The summed E-state index contributed by atoms with van der Waals surface area (Å²) in [6.45, 7) is 0.490. The number of hydrogen-bond acceptors (Lipinski definition) is 6. The lowest BCUT2D eigenvalue weighted by molar-refractivity contribution is -0.137. The predicted molar refractivity (Wildman–Crippen MR) is 160 cm³/mol. The Kier molecular flexibility index (Phi) is 11.0. The van der Waals surface area contributed by atoms with Gasteiger partial charge in [-0.15, -0.1) is 0 Å². The first-order chi connectivity index (χ1) is 20.4. The third kappa shape index (κ3) is 7.49. The maximum absolute atomic E-state index is 13.3. The first-order valence-electron chi connectivity index (χ1n) is 14.5.